The van der Waals surface area contributed by atoms with E-state index in [0.717, 1.165) is 6.26 Å². The zero-order valence-corrected chi connectivity index (χ0v) is 16.2. The number of hydrogen-bond donors (Lipinski definition) is 1. The average molecular weight is 389 g/mol. The van der Waals surface area contributed by atoms with Gasteiger partial charge in [-0.05, 0) is 39.0 Å². The van der Waals surface area contributed by atoms with Crippen molar-refractivity contribution in [2.45, 2.75) is 31.5 Å². The Morgan fingerprint density at radius 3 is 2.52 bits per heavy atom. The van der Waals surface area contributed by atoms with E-state index in [4.69, 9.17) is 15.2 Å². The van der Waals surface area contributed by atoms with E-state index in [0.29, 0.717) is 34.0 Å². The summed E-state index contributed by atoms with van der Waals surface area (Å²) >= 11 is 0. The minimum atomic E-state index is -3.64. The van der Waals surface area contributed by atoms with E-state index >= 15 is 0 Å². The van der Waals surface area contributed by atoms with Gasteiger partial charge >= 0.3 is 0 Å². The molecule has 0 aliphatic carbocycles. The third-order valence-electron chi connectivity index (χ3n) is 4.16. The van der Waals surface area contributed by atoms with Crippen molar-refractivity contribution in [2.75, 3.05) is 18.8 Å². The maximum absolute atomic E-state index is 12.1. The lowest BCUT2D eigenvalue weighted by atomic mass is 10.1. The summed E-state index contributed by atoms with van der Waals surface area (Å²) in [6, 6.07) is 5.26. The normalized spacial score (nSPS) is 14.1. The van der Waals surface area contributed by atoms with Gasteiger partial charge in [0.05, 0.1) is 16.6 Å². The molecule has 0 bridgehead atoms. The smallest absolute Gasteiger partial charge is 0.249 e. The number of fused-ring (bicyclic) bond motifs is 2. The lowest BCUT2D eigenvalue weighted by Gasteiger charge is -2.20. The lowest BCUT2D eigenvalue weighted by Crippen LogP contribution is -2.24. The zero-order valence-electron chi connectivity index (χ0n) is 15.3. The van der Waals surface area contributed by atoms with Gasteiger partial charge in [0.25, 0.3) is 0 Å². The van der Waals surface area contributed by atoms with Gasteiger partial charge in [-0.15, -0.1) is 5.10 Å². The second-order valence-corrected chi connectivity index (χ2v) is 9.27. The van der Waals surface area contributed by atoms with Crippen molar-refractivity contribution < 1.29 is 17.9 Å². The average Bonchev–Trinajstić information content (AvgIpc) is 3.16. The van der Waals surface area contributed by atoms with Gasteiger partial charge in [0, 0.05) is 11.8 Å². The molecule has 27 heavy (non-hydrogen) atoms. The first-order valence-corrected chi connectivity index (χ1v) is 10.1. The molecule has 0 unspecified atom stereocenters. The summed E-state index contributed by atoms with van der Waals surface area (Å²) in [5.74, 6) is 1.54. The number of nitrogens with two attached hydrogens (primary N) is 1. The van der Waals surface area contributed by atoms with Crippen molar-refractivity contribution in [3.63, 3.8) is 0 Å². The summed E-state index contributed by atoms with van der Waals surface area (Å²) in [4.78, 5) is 8.43. The molecule has 0 saturated heterocycles. The van der Waals surface area contributed by atoms with Gasteiger partial charge in [-0.2, -0.15) is 4.98 Å². The maximum atomic E-state index is 12.1. The molecule has 142 valence electrons. The van der Waals surface area contributed by atoms with Crippen LogP contribution in [-0.2, 0) is 15.4 Å². The third kappa shape index (κ3) is 2.85. The summed E-state index contributed by atoms with van der Waals surface area (Å²) in [7, 11) is -3.64. The fourth-order valence-corrected chi connectivity index (χ4v) is 3.43. The molecule has 1 aliphatic heterocycles. The predicted molar refractivity (Wildman–Crippen MR) is 99.4 cm³/mol. The van der Waals surface area contributed by atoms with Crippen molar-refractivity contribution >= 4 is 26.7 Å². The minimum Gasteiger partial charge on any atom is -0.454 e. The molecule has 9 nitrogen and oxygen atoms in total. The van der Waals surface area contributed by atoms with Crippen LogP contribution < -0.4 is 15.2 Å². The van der Waals surface area contributed by atoms with Crippen LogP contribution in [0, 0.1) is 0 Å². The molecule has 10 heteroatoms. The van der Waals surface area contributed by atoms with E-state index in [9.17, 15) is 8.42 Å². The largest absolute Gasteiger partial charge is 0.454 e. The number of sulfone groups is 1. The molecular weight excluding hydrogens is 370 g/mol. The van der Waals surface area contributed by atoms with Crippen LogP contribution in [0.4, 0.5) is 5.82 Å². The van der Waals surface area contributed by atoms with Crippen LogP contribution in [0.2, 0.25) is 0 Å². The molecule has 0 fully saturated rings. The van der Waals surface area contributed by atoms with Crippen molar-refractivity contribution in [3.8, 4) is 22.8 Å². The van der Waals surface area contributed by atoms with E-state index in [2.05, 4.69) is 15.1 Å². The summed E-state index contributed by atoms with van der Waals surface area (Å²) < 4.78 is 36.6. The van der Waals surface area contributed by atoms with Crippen molar-refractivity contribution in [1.82, 2.24) is 19.7 Å². The molecule has 0 amide bonds. The van der Waals surface area contributed by atoms with Crippen LogP contribution in [0.3, 0.4) is 0 Å². The van der Waals surface area contributed by atoms with E-state index in [-0.39, 0.29) is 17.6 Å². The molecule has 1 aliphatic rings. The van der Waals surface area contributed by atoms with Crippen LogP contribution in [0.1, 0.15) is 20.8 Å². The van der Waals surface area contributed by atoms with E-state index in [1.165, 1.54) is 0 Å². The Kier molecular flexibility index (Phi) is 3.61. The molecule has 0 spiro atoms. The monoisotopic (exact) mass is 389 g/mol. The van der Waals surface area contributed by atoms with Gasteiger partial charge in [0.1, 0.15) is 5.82 Å². The molecule has 3 heterocycles. The number of aromatic nitrogens is 4. The van der Waals surface area contributed by atoms with Gasteiger partial charge in [-0.3, -0.25) is 0 Å². The second kappa shape index (κ2) is 5.56. The highest BCUT2D eigenvalue weighted by Crippen LogP contribution is 2.39. The first-order chi connectivity index (χ1) is 12.6. The quantitative estimate of drug-likeness (QED) is 0.660. The number of nitrogen functional groups attached to an aromatic ring is 1. The summed E-state index contributed by atoms with van der Waals surface area (Å²) in [5, 5.41) is 4.63. The molecule has 4 rings (SSSR count). The number of benzene rings is 1. The standard InChI is InChI=1S/C17H19N5O4S/c1-17(2,3)22-14(18)12-13(9-5-6-10-11(7-9)26-8-25-10)19-16(27(4,23)24)20-15(12)21-22/h5-7H,8,18H2,1-4H3. The Labute approximate surface area is 156 Å². The van der Waals surface area contributed by atoms with Gasteiger partial charge in [0.2, 0.25) is 21.8 Å². The number of rotatable bonds is 2. The fourth-order valence-electron chi connectivity index (χ4n) is 2.92. The molecular formula is C17H19N5O4S. The molecule has 2 aromatic heterocycles. The number of hydrogen-bond acceptors (Lipinski definition) is 8. The predicted octanol–water partition coefficient (Wildman–Crippen LogP) is 1.96. The highest BCUT2D eigenvalue weighted by molar-refractivity contribution is 7.90. The Hall–Kier alpha value is -2.88. The van der Waals surface area contributed by atoms with Gasteiger partial charge < -0.3 is 15.2 Å². The highest BCUT2D eigenvalue weighted by atomic mass is 32.2. The number of anilines is 1. The first-order valence-electron chi connectivity index (χ1n) is 8.22. The summed E-state index contributed by atoms with van der Waals surface area (Å²) in [6.45, 7) is 5.97. The molecule has 0 radical (unpaired) electrons. The third-order valence-corrected chi connectivity index (χ3v) is 5.01. The zero-order chi connectivity index (χ0) is 19.6. The van der Waals surface area contributed by atoms with Gasteiger partial charge in [-0.25, -0.2) is 18.1 Å². The van der Waals surface area contributed by atoms with Crippen LogP contribution >= 0.6 is 0 Å². The maximum Gasteiger partial charge on any atom is 0.249 e. The Bertz CT molecular complexity index is 1180. The van der Waals surface area contributed by atoms with Crippen LogP contribution in [-0.4, -0.2) is 41.2 Å². The van der Waals surface area contributed by atoms with E-state index < -0.39 is 15.4 Å². The van der Waals surface area contributed by atoms with Crippen molar-refractivity contribution in [2.24, 2.45) is 0 Å². The number of ether oxygens (including phenoxy) is 2. The van der Waals surface area contributed by atoms with Crippen molar-refractivity contribution in [1.29, 1.82) is 0 Å². The van der Waals surface area contributed by atoms with Gasteiger partial charge in [0.15, 0.2) is 17.1 Å². The molecule has 0 saturated carbocycles. The highest BCUT2D eigenvalue weighted by Gasteiger charge is 2.26. The Morgan fingerprint density at radius 1 is 1.15 bits per heavy atom. The molecule has 1 aromatic carbocycles. The minimum absolute atomic E-state index is 0.136. The van der Waals surface area contributed by atoms with Crippen LogP contribution in [0.25, 0.3) is 22.3 Å². The fraction of sp³-hybridized carbons (Fsp3) is 0.353. The second-order valence-electron chi connectivity index (χ2n) is 7.36. The Morgan fingerprint density at radius 2 is 1.85 bits per heavy atom. The lowest BCUT2D eigenvalue weighted by molar-refractivity contribution is 0.174. The van der Waals surface area contributed by atoms with Crippen LogP contribution in [0.15, 0.2) is 23.4 Å². The van der Waals surface area contributed by atoms with Crippen molar-refractivity contribution in [3.05, 3.63) is 18.2 Å². The van der Waals surface area contributed by atoms with E-state index in [1.54, 1.807) is 22.9 Å². The topological polar surface area (TPSA) is 122 Å². The molecule has 0 atom stereocenters. The molecule has 3 aromatic rings. The first kappa shape index (κ1) is 17.5. The molecule has 2 N–H and O–H groups in total. The summed E-state index contributed by atoms with van der Waals surface area (Å²) in [5.41, 5.74) is 7.18. The Balaban J connectivity index is 2.07. The number of nitrogens with zero attached hydrogens (tertiary/aromatic N) is 4. The van der Waals surface area contributed by atoms with Crippen LogP contribution in [0.5, 0.6) is 11.5 Å². The van der Waals surface area contributed by atoms with Gasteiger partial charge in [-0.1, -0.05) is 0 Å². The SMILES string of the molecule is CC(C)(C)n1nc2nc(S(C)(=O)=O)nc(-c3ccc4c(c3)OCO4)c2c1N. The van der Waals surface area contributed by atoms with E-state index in [1.807, 2.05) is 20.8 Å². The summed E-state index contributed by atoms with van der Waals surface area (Å²) in [6.07, 6.45) is 1.06.